The molecule has 1 aliphatic rings. The minimum atomic E-state index is -1.07. The lowest BCUT2D eigenvalue weighted by Crippen LogP contribution is -2.41. The van der Waals surface area contributed by atoms with Crippen LogP contribution in [0.15, 0.2) is 91.0 Å². The minimum Gasteiger partial charge on any atom is -0.488 e. The third-order valence-electron chi connectivity index (χ3n) is 7.41. The van der Waals surface area contributed by atoms with Crippen molar-refractivity contribution < 1.29 is 39.5 Å². The molecule has 0 radical (unpaired) electrons. The number of nitrogens with one attached hydrogen (secondary N) is 1. The van der Waals surface area contributed by atoms with E-state index < -0.39 is 24.0 Å². The zero-order valence-corrected chi connectivity index (χ0v) is 24.8. The van der Waals surface area contributed by atoms with Gasteiger partial charge in [-0.1, -0.05) is 91.0 Å². The van der Waals surface area contributed by atoms with Gasteiger partial charge in [0.2, 0.25) is 0 Å². The van der Waals surface area contributed by atoms with Gasteiger partial charge in [-0.15, -0.1) is 0 Å². The maximum absolute atomic E-state index is 11.3. The fourth-order valence-electron chi connectivity index (χ4n) is 4.99. The molecule has 0 amide bonds. The molecule has 45 heavy (non-hydrogen) atoms. The van der Waals surface area contributed by atoms with Crippen molar-refractivity contribution in [2.75, 3.05) is 0 Å². The summed E-state index contributed by atoms with van der Waals surface area (Å²) in [6, 6.07) is 26.8. The minimum absolute atomic E-state index is 0.136. The number of carboxylic acid groups (broad SMARTS) is 2. The Morgan fingerprint density at radius 2 is 1.31 bits per heavy atom. The van der Waals surface area contributed by atoms with Gasteiger partial charge < -0.3 is 41.0 Å². The maximum Gasteiger partial charge on any atom is 0.321 e. The second kappa shape index (κ2) is 16.4. The van der Waals surface area contributed by atoms with E-state index in [2.05, 4.69) is 5.32 Å². The molecule has 4 aromatic rings. The highest BCUT2D eigenvalue weighted by molar-refractivity contribution is 5.75. The first-order valence-corrected chi connectivity index (χ1v) is 14.5. The molecule has 1 aliphatic heterocycles. The van der Waals surface area contributed by atoms with E-state index in [1.54, 1.807) is 18.2 Å². The smallest absolute Gasteiger partial charge is 0.321 e. The van der Waals surface area contributed by atoms with E-state index in [-0.39, 0.29) is 19.6 Å². The van der Waals surface area contributed by atoms with Crippen molar-refractivity contribution in [3.8, 4) is 11.5 Å². The average Bonchev–Trinajstić information content (AvgIpc) is 3.07. The second-order valence-electron chi connectivity index (χ2n) is 10.6. The summed E-state index contributed by atoms with van der Waals surface area (Å²) in [5.74, 6) is -0.824. The molecule has 5 rings (SSSR count). The third kappa shape index (κ3) is 9.13. The topological polar surface area (TPSA) is 172 Å². The summed E-state index contributed by atoms with van der Waals surface area (Å²) >= 11 is 0. The van der Waals surface area contributed by atoms with Gasteiger partial charge in [-0.3, -0.25) is 9.59 Å². The Kier molecular flexibility index (Phi) is 12.1. The summed E-state index contributed by atoms with van der Waals surface area (Å²) in [5, 5.41) is 40.2. The Bertz CT molecular complexity index is 1560. The summed E-state index contributed by atoms with van der Waals surface area (Å²) in [7, 11) is 0. The summed E-state index contributed by atoms with van der Waals surface area (Å²) in [6.45, 7) is 0.894. The number of aliphatic hydroxyl groups excluding tert-OH is 2. The highest BCUT2D eigenvalue weighted by atomic mass is 16.5. The van der Waals surface area contributed by atoms with Crippen molar-refractivity contribution in [1.29, 1.82) is 0 Å². The van der Waals surface area contributed by atoms with E-state index in [1.807, 2.05) is 72.8 Å². The molecule has 0 fully saturated rings. The molecule has 236 valence electrons. The maximum atomic E-state index is 11.3. The van der Waals surface area contributed by atoms with Gasteiger partial charge in [0.25, 0.3) is 0 Å². The van der Waals surface area contributed by atoms with Crippen LogP contribution in [0.3, 0.4) is 0 Å². The molecular formula is C35H38N2O8. The molecule has 10 nitrogen and oxygen atoms in total. The molecule has 0 saturated carbocycles. The molecule has 7 N–H and O–H groups in total. The lowest BCUT2D eigenvalue weighted by atomic mass is 9.92. The third-order valence-corrected chi connectivity index (χ3v) is 7.41. The van der Waals surface area contributed by atoms with Crippen molar-refractivity contribution >= 4 is 11.9 Å². The van der Waals surface area contributed by atoms with Crippen LogP contribution in [0.4, 0.5) is 0 Å². The number of ether oxygens (including phenoxy) is 2. The summed E-state index contributed by atoms with van der Waals surface area (Å²) in [5.41, 5.74) is 11.5. The van der Waals surface area contributed by atoms with Crippen LogP contribution in [0.1, 0.15) is 38.9 Å². The fraction of sp³-hybridized carbons (Fsp3) is 0.257. The van der Waals surface area contributed by atoms with Crippen molar-refractivity contribution in [2.24, 2.45) is 5.73 Å². The first-order chi connectivity index (χ1) is 21.8. The zero-order chi connectivity index (χ0) is 32.2. The Balaban J connectivity index is 0.000000205. The number of aliphatic carboxylic acids is 2. The van der Waals surface area contributed by atoms with Crippen LogP contribution in [-0.2, 0) is 55.4 Å². The first-order valence-electron chi connectivity index (χ1n) is 14.5. The van der Waals surface area contributed by atoms with Crippen LogP contribution < -0.4 is 20.5 Å². The Morgan fingerprint density at radius 1 is 0.756 bits per heavy atom. The number of rotatable bonds is 12. The van der Waals surface area contributed by atoms with E-state index in [9.17, 15) is 24.9 Å². The fourth-order valence-corrected chi connectivity index (χ4v) is 4.99. The molecule has 0 aromatic heterocycles. The quantitative estimate of drug-likeness (QED) is 0.139. The molecule has 10 heteroatoms. The van der Waals surface area contributed by atoms with Gasteiger partial charge in [-0.25, -0.2) is 0 Å². The molecule has 0 saturated heterocycles. The lowest BCUT2D eigenvalue weighted by Gasteiger charge is -2.26. The van der Waals surface area contributed by atoms with Gasteiger partial charge in [0, 0.05) is 36.1 Å². The number of carbonyl (C=O) groups is 2. The number of carboxylic acids is 2. The van der Waals surface area contributed by atoms with E-state index in [0.717, 1.165) is 22.3 Å². The highest BCUT2D eigenvalue weighted by Gasteiger charge is 2.27. The number of aliphatic hydroxyl groups is 2. The van der Waals surface area contributed by atoms with Crippen molar-refractivity contribution in [3.05, 3.63) is 130 Å². The molecule has 1 heterocycles. The highest BCUT2D eigenvalue weighted by Crippen LogP contribution is 2.32. The summed E-state index contributed by atoms with van der Waals surface area (Å²) < 4.78 is 11.8. The monoisotopic (exact) mass is 614 g/mol. The van der Waals surface area contributed by atoms with Crippen LogP contribution in [0, 0.1) is 0 Å². The molecule has 0 spiro atoms. The number of benzene rings is 4. The predicted molar refractivity (Wildman–Crippen MR) is 168 cm³/mol. The van der Waals surface area contributed by atoms with Gasteiger partial charge in [-0.2, -0.15) is 0 Å². The molecule has 0 bridgehead atoms. The number of nitrogens with two attached hydrogens (primary N) is 1. The number of hydrogen-bond donors (Lipinski definition) is 6. The van der Waals surface area contributed by atoms with Crippen LogP contribution >= 0.6 is 0 Å². The Morgan fingerprint density at radius 3 is 1.87 bits per heavy atom. The van der Waals surface area contributed by atoms with Crippen molar-refractivity contribution in [2.45, 2.75) is 57.9 Å². The van der Waals surface area contributed by atoms with Crippen LogP contribution in [0.25, 0.3) is 0 Å². The van der Waals surface area contributed by atoms with Crippen LogP contribution in [0.5, 0.6) is 11.5 Å². The number of fused-ring (bicyclic) bond motifs is 1. The van der Waals surface area contributed by atoms with Gasteiger partial charge in [-0.05, 0) is 22.3 Å². The van der Waals surface area contributed by atoms with Gasteiger partial charge in [0.05, 0.1) is 13.2 Å². The van der Waals surface area contributed by atoms with Gasteiger partial charge in [0.15, 0.2) is 0 Å². The molecular weight excluding hydrogens is 576 g/mol. The normalized spacial score (nSPS) is 14.3. The Labute approximate surface area is 261 Å². The largest absolute Gasteiger partial charge is 0.488 e. The van der Waals surface area contributed by atoms with E-state index in [4.69, 9.17) is 20.3 Å². The van der Waals surface area contributed by atoms with Crippen LogP contribution in [0.2, 0.25) is 0 Å². The summed E-state index contributed by atoms with van der Waals surface area (Å²) in [4.78, 5) is 22.2. The predicted octanol–water partition coefficient (Wildman–Crippen LogP) is 3.57. The molecule has 0 aliphatic carbocycles. The van der Waals surface area contributed by atoms with Crippen LogP contribution in [-0.4, -0.2) is 44.4 Å². The SMILES string of the molecule is N[C@@H](Cc1cccc(CO)c1OCc1ccccc1)C(=O)O.O=C(O)[C@@H]1Cc2c(ccc(CO)c2OCc2ccccc2)CN1. The van der Waals surface area contributed by atoms with E-state index in [1.165, 1.54) is 0 Å². The summed E-state index contributed by atoms with van der Waals surface area (Å²) in [6.07, 6.45) is 0.496. The lowest BCUT2D eigenvalue weighted by molar-refractivity contribution is -0.140. The standard InChI is InChI=1S/C18H19NO4.C17H19NO4/c20-10-14-7-6-13-9-19-16(18(21)22)8-15(13)17(14)23-11-12-4-2-1-3-5-12;18-15(17(20)21)9-13-7-4-8-14(10-19)16(13)22-11-12-5-2-1-3-6-12/h1-7,16,19-20H,8-11H2,(H,21,22);1-8,15,19H,9-11,18H2,(H,20,21)/t16-;15-/m00/s1. The van der Waals surface area contributed by atoms with E-state index in [0.29, 0.717) is 54.4 Å². The molecule has 2 atom stereocenters. The average molecular weight is 615 g/mol. The Hall–Kier alpha value is -4.74. The molecule has 4 aromatic carbocycles. The van der Waals surface area contributed by atoms with Crippen molar-refractivity contribution in [1.82, 2.24) is 5.32 Å². The van der Waals surface area contributed by atoms with Gasteiger partial charge in [0.1, 0.15) is 36.8 Å². The number of hydrogen-bond acceptors (Lipinski definition) is 8. The van der Waals surface area contributed by atoms with Crippen molar-refractivity contribution in [3.63, 3.8) is 0 Å². The number of para-hydroxylation sites is 1. The van der Waals surface area contributed by atoms with Gasteiger partial charge >= 0.3 is 11.9 Å². The molecule has 0 unspecified atom stereocenters. The zero-order valence-electron chi connectivity index (χ0n) is 24.8. The second-order valence-corrected chi connectivity index (χ2v) is 10.6. The van der Waals surface area contributed by atoms with E-state index >= 15 is 0 Å². The first kappa shape index (κ1) is 33.2.